The number of anilines is 1. The van der Waals surface area contributed by atoms with E-state index in [0.29, 0.717) is 18.3 Å². The molecular formula is C9H12N2O2. The molecule has 1 heterocycles. The first kappa shape index (κ1) is 8.29. The second-order valence-corrected chi connectivity index (χ2v) is 3.45. The number of aromatic nitrogens is 1. The number of nitrogens with zero attached hydrogens (tertiary/aromatic N) is 1. The normalized spacial score (nSPS) is 15.8. The van der Waals surface area contributed by atoms with Crippen molar-refractivity contribution in [1.29, 1.82) is 0 Å². The van der Waals surface area contributed by atoms with Gasteiger partial charge < -0.3 is 9.84 Å². The van der Waals surface area contributed by atoms with Crippen LogP contribution in [0, 0.1) is 0 Å². The summed E-state index contributed by atoms with van der Waals surface area (Å²) < 4.78 is 5.00. The molecule has 13 heavy (non-hydrogen) atoms. The highest BCUT2D eigenvalue weighted by Gasteiger charge is 2.26. The highest BCUT2D eigenvalue weighted by Crippen LogP contribution is 2.39. The van der Waals surface area contributed by atoms with Gasteiger partial charge in [-0.25, -0.2) is 0 Å². The Morgan fingerprint density at radius 3 is 3.15 bits per heavy atom. The molecule has 4 heteroatoms. The van der Waals surface area contributed by atoms with Crippen molar-refractivity contribution < 1.29 is 9.32 Å². The molecule has 1 N–H and O–H groups in total. The van der Waals surface area contributed by atoms with E-state index in [1.165, 1.54) is 19.8 Å². The van der Waals surface area contributed by atoms with E-state index < -0.39 is 0 Å². The summed E-state index contributed by atoms with van der Waals surface area (Å²) in [5, 5.41) is 6.78. The molecule has 1 fully saturated rings. The Morgan fingerprint density at radius 1 is 1.77 bits per heavy atom. The number of hydrogen-bond acceptors (Lipinski definition) is 4. The van der Waals surface area contributed by atoms with Crippen LogP contribution in [0.3, 0.4) is 0 Å². The Labute approximate surface area is 76.3 Å². The van der Waals surface area contributed by atoms with E-state index in [1.54, 1.807) is 0 Å². The standard InChI is InChI=1S/C9H12N2O2/c1-6(12)5-10-9-4-8(11-13-9)7-2-3-7/h4,7,10H,2-3,5H2,1H3. The van der Waals surface area contributed by atoms with Gasteiger partial charge >= 0.3 is 0 Å². The number of carbonyl (C=O) groups is 1. The maximum atomic E-state index is 10.6. The number of carbonyl (C=O) groups excluding carboxylic acids is 1. The quantitative estimate of drug-likeness (QED) is 0.763. The fraction of sp³-hybridized carbons (Fsp3) is 0.556. The molecule has 0 bridgehead atoms. The summed E-state index contributed by atoms with van der Waals surface area (Å²) in [7, 11) is 0. The lowest BCUT2D eigenvalue weighted by atomic mass is 10.3. The Balaban J connectivity index is 1.92. The van der Waals surface area contributed by atoms with Crippen LogP contribution in [-0.4, -0.2) is 17.5 Å². The predicted molar refractivity (Wildman–Crippen MR) is 47.6 cm³/mol. The fourth-order valence-corrected chi connectivity index (χ4v) is 1.16. The summed E-state index contributed by atoms with van der Waals surface area (Å²) in [5.41, 5.74) is 1.01. The summed E-state index contributed by atoms with van der Waals surface area (Å²) >= 11 is 0. The van der Waals surface area contributed by atoms with Gasteiger partial charge in [-0.1, -0.05) is 5.16 Å². The van der Waals surface area contributed by atoms with E-state index in [2.05, 4.69) is 10.5 Å². The third-order valence-electron chi connectivity index (χ3n) is 2.04. The fourth-order valence-electron chi connectivity index (χ4n) is 1.16. The zero-order valence-corrected chi connectivity index (χ0v) is 7.54. The summed E-state index contributed by atoms with van der Waals surface area (Å²) in [6.07, 6.45) is 2.41. The Morgan fingerprint density at radius 2 is 2.54 bits per heavy atom. The van der Waals surface area contributed by atoms with Crippen LogP contribution in [0.15, 0.2) is 10.6 Å². The summed E-state index contributed by atoms with van der Waals surface area (Å²) in [4.78, 5) is 10.6. The summed E-state index contributed by atoms with van der Waals surface area (Å²) in [5.74, 6) is 1.28. The molecule has 1 saturated carbocycles. The number of ketones is 1. The first-order valence-corrected chi connectivity index (χ1v) is 4.45. The first-order chi connectivity index (χ1) is 6.25. The molecule has 0 spiro atoms. The van der Waals surface area contributed by atoms with E-state index in [9.17, 15) is 4.79 Å². The van der Waals surface area contributed by atoms with E-state index in [1.807, 2.05) is 6.07 Å². The Hall–Kier alpha value is -1.32. The molecule has 2 rings (SSSR count). The predicted octanol–water partition coefficient (Wildman–Crippen LogP) is 1.55. The average Bonchev–Trinajstić information content (AvgIpc) is 2.83. The zero-order chi connectivity index (χ0) is 9.26. The van der Waals surface area contributed by atoms with E-state index in [0.717, 1.165) is 5.69 Å². The van der Waals surface area contributed by atoms with Crippen molar-refractivity contribution in [2.24, 2.45) is 0 Å². The van der Waals surface area contributed by atoms with Gasteiger partial charge in [0.25, 0.3) is 0 Å². The van der Waals surface area contributed by atoms with Gasteiger partial charge in [0.05, 0.1) is 12.2 Å². The Kier molecular flexibility index (Phi) is 2.04. The lowest BCUT2D eigenvalue weighted by molar-refractivity contribution is -0.115. The van der Waals surface area contributed by atoms with Gasteiger partial charge in [-0.3, -0.25) is 4.79 Å². The van der Waals surface area contributed by atoms with E-state index >= 15 is 0 Å². The van der Waals surface area contributed by atoms with Crippen molar-refractivity contribution in [3.05, 3.63) is 11.8 Å². The number of nitrogens with one attached hydrogen (secondary N) is 1. The van der Waals surface area contributed by atoms with Crippen LogP contribution in [0.4, 0.5) is 5.88 Å². The number of rotatable bonds is 4. The molecule has 4 nitrogen and oxygen atoms in total. The molecule has 0 aromatic carbocycles. The molecule has 0 radical (unpaired) electrons. The molecule has 0 aliphatic heterocycles. The van der Waals surface area contributed by atoms with Gasteiger partial charge in [-0.2, -0.15) is 0 Å². The minimum absolute atomic E-state index is 0.0874. The van der Waals surface area contributed by atoms with Gasteiger partial charge in [-0.05, 0) is 19.8 Å². The van der Waals surface area contributed by atoms with Crippen LogP contribution in [0.1, 0.15) is 31.4 Å². The van der Waals surface area contributed by atoms with Gasteiger partial charge in [0.1, 0.15) is 5.78 Å². The highest BCUT2D eigenvalue weighted by molar-refractivity contribution is 5.79. The van der Waals surface area contributed by atoms with Crippen molar-refractivity contribution in [2.45, 2.75) is 25.7 Å². The zero-order valence-electron chi connectivity index (χ0n) is 7.54. The second-order valence-electron chi connectivity index (χ2n) is 3.45. The van der Waals surface area contributed by atoms with Crippen LogP contribution in [0.2, 0.25) is 0 Å². The van der Waals surface area contributed by atoms with Crippen LogP contribution in [-0.2, 0) is 4.79 Å². The van der Waals surface area contributed by atoms with Gasteiger partial charge in [0, 0.05) is 12.0 Å². The smallest absolute Gasteiger partial charge is 0.225 e. The molecule has 0 saturated heterocycles. The molecule has 1 aromatic heterocycles. The molecule has 0 amide bonds. The lowest BCUT2D eigenvalue weighted by Crippen LogP contribution is -2.08. The maximum Gasteiger partial charge on any atom is 0.225 e. The SMILES string of the molecule is CC(=O)CNc1cc(C2CC2)no1. The highest BCUT2D eigenvalue weighted by atomic mass is 16.5. The maximum absolute atomic E-state index is 10.6. The monoisotopic (exact) mass is 180 g/mol. The van der Waals surface area contributed by atoms with Crippen LogP contribution >= 0.6 is 0 Å². The molecule has 0 atom stereocenters. The third-order valence-corrected chi connectivity index (χ3v) is 2.04. The molecule has 1 aliphatic rings. The summed E-state index contributed by atoms with van der Waals surface area (Å²) in [6, 6.07) is 1.88. The van der Waals surface area contributed by atoms with Crippen LogP contribution < -0.4 is 5.32 Å². The van der Waals surface area contributed by atoms with Crippen LogP contribution in [0.5, 0.6) is 0 Å². The average molecular weight is 180 g/mol. The minimum atomic E-state index is 0.0874. The first-order valence-electron chi connectivity index (χ1n) is 4.45. The minimum Gasteiger partial charge on any atom is -0.347 e. The number of Topliss-reactive ketones (excluding diaryl/α,β-unsaturated/α-hetero) is 1. The van der Waals surface area contributed by atoms with Crippen LogP contribution in [0.25, 0.3) is 0 Å². The summed E-state index contributed by atoms with van der Waals surface area (Å²) in [6.45, 7) is 1.84. The van der Waals surface area contributed by atoms with Crippen molar-refractivity contribution in [3.8, 4) is 0 Å². The topological polar surface area (TPSA) is 55.1 Å². The van der Waals surface area contributed by atoms with Crippen molar-refractivity contribution in [3.63, 3.8) is 0 Å². The Bertz CT molecular complexity index is 315. The van der Waals surface area contributed by atoms with Crippen molar-refractivity contribution in [2.75, 3.05) is 11.9 Å². The molecular weight excluding hydrogens is 168 g/mol. The van der Waals surface area contributed by atoms with E-state index in [-0.39, 0.29) is 5.78 Å². The molecule has 0 unspecified atom stereocenters. The van der Waals surface area contributed by atoms with Crippen molar-refractivity contribution >= 4 is 11.7 Å². The third kappa shape index (κ3) is 2.08. The van der Waals surface area contributed by atoms with Gasteiger partial charge in [0.15, 0.2) is 0 Å². The molecule has 1 aromatic rings. The van der Waals surface area contributed by atoms with Crippen molar-refractivity contribution in [1.82, 2.24) is 5.16 Å². The largest absolute Gasteiger partial charge is 0.347 e. The second kappa shape index (κ2) is 3.20. The molecule has 1 aliphatic carbocycles. The van der Waals surface area contributed by atoms with Gasteiger partial charge in [0.2, 0.25) is 5.88 Å². The van der Waals surface area contributed by atoms with Gasteiger partial charge in [-0.15, -0.1) is 0 Å². The van der Waals surface area contributed by atoms with E-state index in [4.69, 9.17) is 4.52 Å². The molecule has 70 valence electrons. The number of hydrogen-bond donors (Lipinski definition) is 1. The lowest BCUT2D eigenvalue weighted by Gasteiger charge is -1.94.